The van der Waals surface area contributed by atoms with E-state index in [-0.39, 0.29) is 18.5 Å². The van der Waals surface area contributed by atoms with E-state index in [1.807, 2.05) is 38.1 Å². The number of benzene rings is 2. The Balaban J connectivity index is 1.67. The highest BCUT2D eigenvalue weighted by molar-refractivity contribution is 7.92. The number of hydrogen-bond acceptors (Lipinski definition) is 4. The average Bonchev–Trinajstić information content (AvgIpc) is 2.65. The zero-order valence-corrected chi connectivity index (χ0v) is 17.2. The van der Waals surface area contributed by atoms with Crippen molar-refractivity contribution in [2.45, 2.75) is 38.8 Å². The number of sulfonamides is 1. The van der Waals surface area contributed by atoms with Gasteiger partial charge in [0, 0.05) is 6.04 Å². The van der Waals surface area contributed by atoms with E-state index in [1.54, 1.807) is 12.1 Å². The Hall–Kier alpha value is -2.54. The molecule has 28 heavy (non-hydrogen) atoms. The maximum Gasteiger partial charge on any atom is 0.263 e. The molecular formula is C21H26N2O4S. The van der Waals surface area contributed by atoms with Gasteiger partial charge in [-0.3, -0.25) is 9.10 Å². The minimum Gasteiger partial charge on any atom is -0.476 e. The summed E-state index contributed by atoms with van der Waals surface area (Å²) in [5.74, 6) is 0.0970. The predicted octanol–water partition coefficient (Wildman–Crippen LogP) is 2.66. The van der Waals surface area contributed by atoms with Crippen LogP contribution < -0.4 is 14.4 Å². The second-order valence-corrected chi connectivity index (χ2v) is 9.21. The van der Waals surface area contributed by atoms with Crippen LogP contribution in [0.2, 0.25) is 0 Å². The van der Waals surface area contributed by atoms with Crippen LogP contribution in [-0.4, -0.2) is 39.3 Å². The third-order valence-corrected chi connectivity index (χ3v) is 5.92. The Morgan fingerprint density at radius 3 is 2.64 bits per heavy atom. The van der Waals surface area contributed by atoms with E-state index in [9.17, 15) is 13.2 Å². The summed E-state index contributed by atoms with van der Waals surface area (Å²) >= 11 is 0. The highest BCUT2D eigenvalue weighted by Gasteiger charge is 2.35. The van der Waals surface area contributed by atoms with Crippen LogP contribution in [0.3, 0.4) is 0 Å². The van der Waals surface area contributed by atoms with Gasteiger partial charge in [0.2, 0.25) is 10.0 Å². The molecule has 0 unspecified atom stereocenters. The molecule has 2 aromatic carbocycles. The van der Waals surface area contributed by atoms with Crippen LogP contribution >= 0.6 is 0 Å². The number of aryl methyl sites for hydroxylation is 2. The molecular weight excluding hydrogens is 376 g/mol. The number of rotatable bonds is 6. The van der Waals surface area contributed by atoms with Gasteiger partial charge in [0.05, 0.1) is 18.5 Å². The average molecular weight is 403 g/mol. The number of carbonyl (C=O) groups excluding carboxylic acids is 1. The second kappa shape index (κ2) is 8.22. The molecule has 3 rings (SSSR count). The van der Waals surface area contributed by atoms with Crippen molar-refractivity contribution in [3.8, 4) is 5.75 Å². The van der Waals surface area contributed by atoms with Crippen molar-refractivity contribution in [3.63, 3.8) is 0 Å². The number of fused-ring (bicyclic) bond motifs is 1. The number of nitrogens with one attached hydrogen (secondary N) is 1. The zero-order valence-electron chi connectivity index (χ0n) is 16.4. The van der Waals surface area contributed by atoms with E-state index in [2.05, 4.69) is 17.4 Å². The second-order valence-electron chi connectivity index (χ2n) is 7.31. The van der Waals surface area contributed by atoms with Crippen molar-refractivity contribution in [3.05, 3.63) is 59.7 Å². The van der Waals surface area contributed by atoms with Gasteiger partial charge in [-0.15, -0.1) is 0 Å². The third-order valence-electron chi connectivity index (χ3n) is 4.77. The van der Waals surface area contributed by atoms with Crippen LogP contribution in [0.1, 0.15) is 24.5 Å². The fourth-order valence-corrected chi connectivity index (χ4v) is 4.15. The largest absolute Gasteiger partial charge is 0.476 e. The van der Waals surface area contributed by atoms with Gasteiger partial charge >= 0.3 is 0 Å². The molecule has 1 aliphatic rings. The van der Waals surface area contributed by atoms with Gasteiger partial charge in [-0.25, -0.2) is 8.42 Å². The number of anilines is 1. The molecule has 7 heteroatoms. The third kappa shape index (κ3) is 4.84. The van der Waals surface area contributed by atoms with Crippen LogP contribution in [0.5, 0.6) is 5.75 Å². The molecule has 0 bridgehead atoms. The Bertz CT molecular complexity index is 944. The lowest BCUT2D eigenvalue weighted by molar-refractivity contribution is -0.128. The van der Waals surface area contributed by atoms with Crippen LogP contribution in [-0.2, 0) is 21.2 Å². The lowest BCUT2D eigenvalue weighted by atomic mass is 10.1. The topological polar surface area (TPSA) is 75.7 Å². The van der Waals surface area contributed by atoms with Gasteiger partial charge in [-0.2, -0.15) is 0 Å². The van der Waals surface area contributed by atoms with Crippen LogP contribution in [0.4, 0.5) is 5.69 Å². The van der Waals surface area contributed by atoms with E-state index in [0.717, 1.165) is 24.7 Å². The van der Waals surface area contributed by atoms with Crippen molar-refractivity contribution in [2.24, 2.45) is 0 Å². The zero-order chi connectivity index (χ0) is 20.3. The monoisotopic (exact) mass is 402 g/mol. The van der Waals surface area contributed by atoms with Crippen LogP contribution in [0.15, 0.2) is 48.5 Å². The molecule has 1 heterocycles. The highest BCUT2D eigenvalue weighted by atomic mass is 32.2. The van der Waals surface area contributed by atoms with Crippen molar-refractivity contribution >= 4 is 21.6 Å². The summed E-state index contributed by atoms with van der Waals surface area (Å²) in [6, 6.07) is 15.3. The molecule has 2 atom stereocenters. The fraction of sp³-hybridized carbons (Fsp3) is 0.381. The van der Waals surface area contributed by atoms with Crippen molar-refractivity contribution in [1.29, 1.82) is 0 Å². The quantitative estimate of drug-likeness (QED) is 0.806. The Kier molecular flexibility index (Phi) is 5.93. The van der Waals surface area contributed by atoms with Crippen molar-refractivity contribution in [2.75, 3.05) is 17.1 Å². The maximum atomic E-state index is 12.7. The van der Waals surface area contributed by atoms with Gasteiger partial charge in [-0.05, 0) is 49.9 Å². The summed E-state index contributed by atoms with van der Waals surface area (Å²) in [7, 11) is -3.52. The van der Waals surface area contributed by atoms with Crippen LogP contribution in [0.25, 0.3) is 0 Å². The lowest BCUT2D eigenvalue weighted by Gasteiger charge is -2.34. The molecule has 2 aromatic rings. The molecule has 0 aromatic heterocycles. The van der Waals surface area contributed by atoms with Crippen molar-refractivity contribution < 1.29 is 17.9 Å². The molecule has 0 saturated carbocycles. The van der Waals surface area contributed by atoms with Crippen molar-refractivity contribution in [1.82, 2.24) is 5.32 Å². The SMILES string of the molecule is Cc1ccc2c(c1)N(S(C)(=O)=O)C[C@H](C(=O)N[C@@H](C)CCc1ccccc1)O2. The Morgan fingerprint density at radius 2 is 1.96 bits per heavy atom. The van der Waals surface area contributed by atoms with Gasteiger partial charge in [0.25, 0.3) is 5.91 Å². The standard InChI is InChI=1S/C21H26N2O4S/c1-15-9-12-19-18(13-15)23(28(3,25)26)14-20(27-19)21(24)22-16(2)10-11-17-7-5-4-6-8-17/h4-9,12-13,16,20H,10-11,14H2,1-3H3,(H,22,24)/t16-,20+/m0/s1. The van der Waals surface area contributed by atoms with E-state index < -0.39 is 16.1 Å². The van der Waals surface area contributed by atoms with Gasteiger partial charge in [0.1, 0.15) is 5.75 Å². The summed E-state index contributed by atoms with van der Waals surface area (Å²) in [6.07, 6.45) is 1.89. The minimum atomic E-state index is -3.52. The summed E-state index contributed by atoms with van der Waals surface area (Å²) in [5, 5.41) is 2.95. The highest BCUT2D eigenvalue weighted by Crippen LogP contribution is 2.35. The number of ether oxygens (including phenoxy) is 1. The molecule has 1 amide bonds. The van der Waals surface area contributed by atoms with E-state index in [4.69, 9.17) is 4.74 Å². The molecule has 150 valence electrons. The number of amides is 1. The smallest absolute Gasteiger partial charge is 0.263 e. The molecule has 0 aliphatic carbocycles. The normalized spacial score (nSPS) is 17.4. The summed E-state index contributed by atoms with van der Waals surface area (Å²) in [4.78, 5) is 12.7. The Morgan fingerprint density at radius 1 is 1.25 bits per heavy atom. The van der Waals surface area contributed by atoms with E-state index >= 15 is 0 Å². The van der Waals surface area contributed by atoms with E-state index in [1.165, 1.54) is 9.87 Å². The van der Waals surface area contributed by atoms with Gasteiger partial charge < -0.3 is 10.1 Å². The number of carbonyl (C=O) groups is 1. The number of hydrogen-bond donors (Lipinski definition) is 1. The summed E-state index contributed by atoms with van der Waals surface area (Å²) < 4.78 is 31.6. The van der Waals surface area contributed by atoms with Crippen LogP contribution in [0, 0.1) is 6.92 Å². The fourth-order valence-electron chi connectivity index (χ4n) is 3.25. The molecule has 1 aliphatic heterocycles. The Labute approximate surface area is 166 Å². The molecule has 1 N–H and O–H groups in total. The summed E-state index contributed by atoms with van der Waals surface area (Å²) in [6.45, 7) is 3.79. The molecule has 0 saturated heterocycles. The molecule has 6 nitrogen and oxygen atoms in total. The first-order chi connectivity index (χ1) is 13.2. The molecule has 0 fully saturated rings. The lowest BCUT2D eigenvalue weighted by Crippen LogP contribution is -2.52. The maximum absolute atomic E-state index is 12.7. The first kappa shape index (κ1) is 20.2. The van der Waals surface area contributed by atoms with Gasteiger partial charge in [0.15, 0.2) is 6.10 Å². The molecule has 0 radical (unpaired) electrons. The predicted molar refractivity (Wildman–Crippen MR) is 110 cm³/mol. The first-order valence-corrected chi connectivity index (χ1v) is 11.2. The van der Waals surface area contributed by atoms with Gasteiger partial charge in [-0.1, -0.05) is 36.4 Å². The number of nitrogens with zero attached hydrogens (tertiary/aromatic N) is 1. The minimum absolute atomic E-state index is 0.0352. The van der Waals surface area contributed by atoms with E-state index in [0.29, 0.717) is 11.4 Å². The summed E-state index contributed by atoms with van der Waals surface area (Å²) in [5.41, 5.74) is 2.61. The first-order valence-electron chi connectivity index (χ1n) is 9.33. The molecule has 0 spiro atoms.